The third-order valence-corrected chi connectivity index (χ3v) is 4.45. The number of carbonyl (C=O) groups is 2. The van der Waals surface area contributed by atoms with Crippen molar-refractivity contribution in [3.63, 3.8) is 0 Å². The Balaban J connectivity index is 1.57. The van der Waals surface area contributed by atoms with E-state index in [9.17, 15) is 9.59 Å². The first-order chi connectivity index (χ1) is 14.5. The number of hydrogen-bond donors (Lipinski definition) is 1. The number of esters is 1. The Morgan fingerprint density at radius 3 is 2.23 bits per heavy atom. The molecule has 1 amide bonds. The van der Waals surface area contributed by atoms with Crippen LogP contribution in [0.5, 0.6) is 11.5 Å². The molecule has 0 aliphatic carbocycles. The number of ether oxygens (including phenoxy) is 2. The molecule has 30 heavy (non-hydrogen) atoms. The van der Waals surface area contributed by atoms with Gasteiger partial charge in [-0.05, 0) is 79.6 Å². The van der Waals surface area contributed by atoms with Crippen LogP contribution in [-0.2, 0) is 4.74 Å². The zero-order valence-corrected chi connectivity index (χ0v) is 17.2. The number of nitrogens with one attached hydrogen (secondary N) is 1. The minimum absolute atomic E-state index is 0.240. The summed E-state index contributed by atoms with van der Waals surface area (Å²) < 4.78 is 11.0. The summed E-state index contributed by atoms with van der Waals surface area (Å²) >= 11 is 0. The molecule has 0 atom stereocenters. The zero-order valence-electron chi connectivity index (χ0n) is 17.2. The van der Waals surface area contributed by atoms with Crippen molar-refractivity contribution in [2.75, 3.05) is 11.9 Å². The molecule has 0 aliphatic heterocycles. The second-order valence-electron chi connectivity index (χ2n) is 6.96. The highest BCUT2D eigenvalue weighted by Crippen LogP contribution is 2.23. The van der Waals surface area contributed by atoms with E-state index in [-0.39, 0.29) is 11.9 Å². The predicted molar refractivity (Wildman–Crippen MR) is 117 cm³/mol. The maximum atomic E-state index is 12.5. The van der Waals surface area contributed by atoms with Gasteiger partial charge in [0.2, 0.25) is 0 Å². The number of amides is 1. The van der Waals surface area contributed by atoms with Gasteiger partial charge in [0.05, 0.1) is 12.2 Å². The van der Waals surface area contributed by atoms with Crippen molar-refractivity contribution < 1.29 is 19.1 Å². The molecule has 0 heterocycles. The van der Waals surface area contributed by atoms with Gasteiger partial charge in [0, 0.05) is 11.3 Å². The van der Waals surface area contributed by atoms with E-state index in [0.29, 0.717) is 29.2 Å². The molecule has 3 aromatic rings. The molecule has 1 N–H and O–H groups in total. The van der Waals surface area contributed by atoms with Crippen LogP contribution in [0.3, 0.4) is 0 Å². The van der Waals surface area contributed by atoms with Gasteiger partial charge in [-0.3, -0.25) is 4.79 Å². The van der Waals surface area contributed by atoms with Crippen molar-refractivity contribution in [2.24, 2.45) is 0 Å². The summed E-state index contributed by atoms with van der Waals surface area (Å²) in [5, 5.41) is 2.82. The number of rotatable bonds is 8. The summed E-state index contributed by atoms with van der Waals surface area (Å²) in [6.07, 6.45) is 1.81. The molecule has 154 valence electrons. The minimum Gasteiger partial charge on any atom is -0.462 e. The molecule has 0 unspecified atom stereocenters. The summed E-state index contributed by atoms with van der Waals surface area (Å²) in [5.41, 5.74) is 2.69. The summed E-state index contributed by atoms with van der Waals surface area (Å²) in [6.45, 7) is 4.45. The number of benzene rings is 3. The van der Waals surface area contributed by atoms with Gasteiger partial charge in [-0.25, -0.2) is 4.79 Å². The normalized spacial score (nSPS) is 10.3. The molecule has 5 heteroatoms. The Morgan fingerprint density at radius 2 is 1.57 bits per heavy atom. The fourth-order valence-electron chi connectivity index (χ4n) is 2.77. The number of hydrogen-bond acceptors (Lipinski definition) is 4. The number of carbonyl (C=O) groups excluding carboxylic acids is 2. The van der Waals surface area contributed by atoms with Gasteiger partial charge >= 0.3 is 5.97 Å². The maximum absolute atomic E-state index is 12.5. The SMILES string of the molecule is CCCCOC(=O)c1ccc(NC(=O)c2ccc(Oc3cccc(C)c3)cc2)cc1. The van der Waals surface area contributed by atoms with Gasteiger partial charge in [-0.1, -0.05) is 25.5 Å². The number of anilines is 1. The Labute approximate surface area is 176 Å². The monoisotopic (exact) mass is 403 g/mol. The standard InChI is InChI=1S/C25H25NO4/c1-3-4-16-29-25(28)20-8-12-21(13-9-20)26-24(27)19-10-14-22(15-11-19)30-23-7-5-6-18(2)17-23/h5-15,17H,3-4,16H2,1-2H3,(H,26,27). The van der Waals surface area contributed by atoms with Gasteiger partial charge in [0.1, 0.15) is 11.5 Å². The van der Waals surface area contributed by atoms with Crippen LogP contribution in [0, 0.1) is 6.92 Å². The fraction of sp³-hybridized carbons (Fsp3) is 0.200. The van der Waals surface area contributed by atoms with Crippen LogP contribution in [0.25, 0.3) is 0 Å². The molecule has 5 nitrogen and oxygen atoms in total. The summed E-state index contributed by atoms with van der Waals surface area (Å²) in [7, 11) is 0. The number of aryl methyl sites for hydroxylation is 1. The molecule has 0 aliphatic rings. The van der Waals surface area contributed by atoms with E-state index < -0.39 is 0 Å². The van der Waals surface area contributed by atoms with Gasteiger partial charge in [-0.2, -0.15) is 0 Å². The first-order valence-corrected chi connectivity index (χ1v) is 9.98. The van der Waals surface area contributed by atoms with Gasteiger partial charge in [-0.15, -0.1) is 0 Å². The summed E-state index contributed by atoms with van der Waals surface area (Å²) in [6, 6.07) is 21.4. The van der Waals surface area contributed by atoms with Crippen molar-refractivity contribution in [3.8, 4) is 11.5 Å². The highest BCUT2D eigenvalue weighted by atomic mass is 16.5. The van der Waals surface area contributed by atoms with Crippen molar-refractivity contribution in [1.82, 2.24) is 0 Å². The van der Waals surface area contributed by atoms with E-state index >= 15 is 0 Å². The summed E-state index contributed by atoms with van der Waals surface area (Å²) in [5.74, 6) is 0.810. The average molecular weight is 403 g/mol. The lowest BCUT2D eigenvalue weighted by molar-refractivity contribution is 0.0499. The van der Waals surface area contributed by atoms with Gasteiger partial charge < -0.3 is 14.8 Å². The van der Waals surface area contributed by atoms with E-state index in [1.54, 1.807) is 48.5 Å². The van der Waals surface area contributed by atoms with Crippen LogP contribution in [0.1, 0.15) is 46.0 Å². The smallest absolute Gasteiger partial charge is 0.338 e. The Bertz CT molecular complexity index is 994. The van der Waals surface area contributed by atoms with E-state index in [1.165, 1.54) is 0 Å². The lowest BCUT2D eigenvalue weighted by atomic mass is 10.1. The largest absolute Gasteiger partial charge is 0.462 e. The van der Waals surface area contributed by atoms with E-state index in [4.69, 9.17) is 9.47 Å². The first kappa shape index (κ1) is 21.1. The molecular formula is C25H25NO4. The Morgan fingerprint density at radius 1 is 0.867 bits per heavy atom. The number of unbranched alkanes of at least 4 members (excludes halogenated alkanes) is 1. The highest BCUT2D eigenvalue weighted by molar-refractivity contribution is 6.04. The molecule has 0 radical (unpaired) electrons. The van der Waals surface area contributed by atoms with Crippen LogP contribution in [0.15, 0.2) is 72.8 Å². The van der Waals surface area contributed by atoms with E-state index in [0.717, 1.165) is 24.2 Å². The molecule has 0 spiro atoms. The van der Waals surface area contributed by atoms with Crippen molar-refractivity contribution in [2.45, 2.75) is 26.7 Å². The quantitative estimate of drug-likeness (QED) is 0.370. The van der Waals surface area contributed by atoms with Crippen molar-refractivity contribution in [1.29, 1.82) is 0 Å². The average Bonchev–Trinajstić information content (AvgIpc) is 2.75. The molecule has 0 saturated carbocycles. The fourth-order valence-corrected chi connectivity index (χ4v) is 2.77. The van der Waals surface area contributed by atoms with Crippen LogP contribution in [0.2, 0.25) is 0 Å². The lowest BCUT2D eigenvalue weighted by Crippen LogP contribution is -2.12. The van der Waals surface area contributed by atoms with Crippen LogP contribution >= 0.6 is 0 Å². The van der Waals surface area contributed by atoms with Crippen LogP contribution < -0.4 is 10.1 Å². The highest BCUT2D eigenvalue weighted by Gasteiger charge is 2.09. The van der Waals surface area contributed by atoms with Crippen molar-refractivity contribution >= 4 is 17.6 Å². The lowest BCUT2D eigenvalue weighted by Gasteiger charge is -2.09. The maximum Gasteiger partial charge on any atom is 0.338 e. The third-order valence-electron chi connectivity index (χ3n) is 4.45. The Hall–Kier alpha value is -3.60. The molecule has 0 saturated heterocycles. The second kappa shape index (κ2) is 10.3. The third kappa shape index (κ3) is 5.95. The van der Waals surface area contributed by atoms with Gasteiger partial charge in [0.15, 0.2) is 0 Å². The van der Waals surface area contributed by atoms with Crippen LogP contribution in [0.4, 0.5) is 5.69 Å². The first-order valence-electron chi connectivity index (χ1n) is 9.98. The molecular weight excluding hydrogens is 378 g/mol. The summed E-state index contributed by atoms with van der Waals surface area (Å²) in [4.78, 5) is 24.4. The van der Waals surface area contributed by atoms with E-state index in [2.05, 4.69) is 5.32 Å². The molecule has 0 bridgehead atoms. The predicted octanol–water partition coefficient (Wildman–Crippen LogP) is 6.00. The van der Waals surface area contributed by atoms with Gasteiger partial charge in [0.25, 0.3) is 5.91 Å². The van der Waals surface area contributed by atoms with Crippen molar-refractivity contribution in [3.05, 3.63) is 89.5 Å². The zero-order chi connectivity index (χ0) is 21.3. The molecule has 0 aromatic heterocycles. The molecule has 3 aromatic carbocycles. The van der Waals surface area contributed by atoms with Crippen LogP contribution in [-0.4, -0.2) is 18.5 Å². The Kier molecular flexibility index (Phi) is 7.22. The van der Waals surface area contributed by atoms with E-state index in [1.807, 2.05) is 38.1 Å². The molecule has 3 rings (SSSR count). The minimum atomic E-state index is -0.356. The topological polar surface area (TPSA) is 64.6 Å². The second-order valence-corrected chi connectivity index (χ2v) is 6.96. The molecule has 0 fully saturated rings.